The molecule has 3 nitrogen and oxygen atoms in total. The number of aromatic nitrogens is 1. The third kappa shape index (κ3) is 3.82. The highest BCUT2D eigenvalue weighted by atomic mass is 16.5. The molecular weight excluding hydrogens is 260 g/mol. The normalized spacial score (nSPS) is 11.5. The molecule has 0 fully saturated rings. The number of para-hydroxylation sites is 1. The molecule has 0 spiro atoms. The summed E-state index contributed by atoms with van der Waals surface area (Å²) < 4.78 is 6.07. The minimum atomic E-state index is 0.0383. The van der Waals surface area contributed by atoms with E-state index in [0.717, 1.165) is 23.4 Å². The van der Waals surface area contributed by atoms with E-state index >= 15 is 0 Å². The number of benzene rings is 1. The maximum Gasteiger partial charge on any atom is 0.222 e. The number of ether oxygens (including phenoxy) is 1. The Morgan fingerprint density at radius 2 is 1.90 bits per heavy atom. The third-order valence-electron chi connectivity index (χ3n) is 3.37. The lowest BCUT2D eigenvalue weighted by Crippen LogP contribution is -2.12. The first-order chi connectivity index (χ1) is 9.91. The zero-order valence-electron chi connectivity index (χ0n) is 13.5. The van der Waals surface area contributed by atoms with Gasteiger partial charge in [0, 0.05) is 23.9 Å². The van der Waals surface area contributed by atoms with Crippen LogP contribution in [-0.4, -0.2) is 12.0 Å². The smallest absolute Gasteiger partial charge is 0.222 e. The lowest BCUT2D eigenvalue weighted by Gasteiger charge is -2.22. The molecule has 0 amide bonds. The molecule has 3 heteroatoms. The van der Waals surface area contributed by atoms with Crippen LogP contribution in [0.2, 0.25) is 0 Å². The van der Waals surface area contributed by atoms with Crippen LogP contribution < -0.4 is 10.1 Å². The molecule has 2 rings (SSSR count). The van der Waals surface area contributed by atoms with Crippen LogP contribution in [0.1, 0.15) is 37.5 Å². The predicted molar refractivity (Wildman–Crippen MR) is 87.0 cm³/mol. The maximum absolute atomic E-state index is 6.07. The topological polar surface area (TPSA) is 34.2 Å². The summed E-state index contributed by atoms with van der Waals surface area (Å²) in [7, 11) is 1.93. The summed E-state index contributed by atoms with van der Waals surface area (Å²) in [5.41, 5.74) is 3.43. The molecule has 1 heterocycles. The second kappa shape index (κ2) is 6.27. The Kier molecular flexibility index (Phi) is 4.63. The monoisotopic (exact) mass is 284 g/mol. The van der Waals surface area contributed by atoms with Gasteiger partial charge in [0.05, 0.1) is 0 Å². The van der Waals surface area contributed by atoms with Crippen molar-refractivity contribution in [2.24, 2.45) is 0 Å². The molecule has 0 aliphatic rings. The molecule has 1 aromatic carbocycles. The van der Waals surface area contributed by atoms with E-state index in [2.05, 4.69) is 43.2 Å². The van der Waals surface area contributed by atoms with Crippen LogP contribution in [0.15, 0.2) is 36.5 Å². The standard InChI is InChI=1S/C18H24N2O/c1-13-10-14(11-19-5)12-20-17(13)21-16-9-7-6-8-15(16)18(2,3)4/h6-10,12,19H,11H2,1-5H3. The number of nitrogens with one attached hydrogen (secondary N) is 1. The van der Waals surface area contributed by atoms with Gasteiger partial charge in [-0.05, 0) is 37.1 Å². The molecular formula is C18H24N2O. The molecule has 21 heavy (non-hydrogen) atoms. The minimum absolute atomic E-state index is 0.0383. The van der Waals surface area contributed by atoms with Crippen LogP contribution in [-0.2, 0) is 12.0 Å². The van der Waals surface area contributed by atoms with E-state index in [1.807, 2.05) is 38.4 Å². The van der Waals surface area contributed by atoms with Gasteiger partial charge in [-0.15, -0.1) is 0 Å². The van der Waals surface area contributed by atoms with E-state index in [1.54, 1.807) is 0 Å². The summed E-state index contributed by atoms with van der Waals surface area (Å²) in [6.45, 7) is 9.40. The molecule has 112 valence electrons. The Labute approximate surface area is 127 Å². The first-order valence-electron chi connectivity index (χ1n) is 7.29. The van der Waals surface area contributed by atoms with Crippen LogP contribution in [0.3, 0.4) is 0 Å². The molecule has 0 unspecified atom stereocenters. The van der Waals surface area contributed by atoms with Gasteiger partial charge in [0.15, 0.2) is 0 Å². The second-order valence-electron chi connectivity index (χ2n) is 6.34. The van der Waals surface area contributed by atoms with E-state index in [0.29, 0.717) is 5.88 Å². The number of hydrogen-bond donors (Lipinski definition) is 1. The van der Waals surface area contributed by atoms with Gasteiger partial charge >= 0.3 is 0 Å². The van der Waals surface area contributed by atoms with Crippen molar-refractivity contribution in [1.29, 1.82) is 0 Å². The summed E-state index contributed by atoms with van der Waals surface area (Å²) in [5, 5.41) is 3.13. The molecule has 1 aromatic heterocycles. The maximum atomic E-state index is 6.07. The van der Waals surface area contributed by atoms with E-state index in [-0.39, 0.29) is 5.41 Å². The van der Waals surface area contributed by atoms with Crippen LogP contribution >= 0.6 is 0 Å². The highest BCUT2D eigenvalue weighted by Crippen LogP contribution is 2.34. The highest BCUT2D eigenvalue weighted by Gasteiger charge is 2.19. The van der Waals surface area contributed by atoms with Crippen molar-refractivity contribution >= 4 is 0 Å². The Morgan fingerprint density at radius 3 is 2.52 bits per heavy atom. The fraction of sp³-hybridized carbons (Fsp3) is 0.389. The summed E-state index contributed by atoms with van der Waals surface area (Å²) in [6, 6.07) is 10.3. The molecule has 1 N–H and O–H groups in total. The Morgan fingerprint density at radius 1 is 1.19 bits per heavy atom. The zero-order valence-corrected chi connectivity index (χ0v) is 13.5. The summed E-state index contributed by atoms with van der Waals surface area (Å²) in [6.07, 6.45) is 1.86. The summed E-state index contributed by atoms with van der Waals surface area (Å²) >= 11 is 0. The Balaban J connectivity index is 2.31. The number of pyridine rings is 1. The van der Waals surface area contributed by atoms with Crippen LogP contribution in [0.4, 0.5) is 0 Å². The Hall–Kier alpha value is -1.87. The van der Waals surface area contributed by atoms with Crippen molar-refractivity contribution in [3.05, 3.63) is 53.2 Å². The molecule has 0 saturated carbocycles. The van der Waals surface area contributed by atoms with Gasteiger partial charge in [-0.2, -0.15) is 0 Å². The van der Waals surface area contributed by atoms with Crippen molar-refractivity contribution in [3.8, 4) is 11.6 Å². The number of hydrogen-bond acceptors (Lipinski definition) is 3. The van der Waals surface area contributed by atoms with Crippen molar-refractivity contribution in [2.75, 3.05) is 7.05 Å². The number of nitrogens with zero attached hydrogens (tertiary/aromatic N) is 1. The minimum Gasteiger partial charge on any atom is -0.438 e. The van der Waals surface area contributed by atoms with E-state index in [9.17, 15) is 0 Å². The average Bonchev–Trinajstić information content (AvgIpc) is 2.42. The van der Waals surface area contributed by atoms with Gasteiger partial charge in [-0.1, -0.05) is 39.0 Å². The van der Waals surface area contributed by atoms with Gasteiger partial charge in [0.1, 0.15) is 5.75 Å². The van der Waals surface area contributed by atoms with Crippen molar-refractivity contribution in [2.45, 2.75) is 39.7 Å². The predicted octanol–water partition coefficient (Wildman–Crippen LogP) is 4.20. The average molecular weight is 284 g/mol. The van der Waals surface area contributed by atoms with Gasteiger partial charge in [0.2, 0.25) is 5.88 Å². The third-order valence-corrected chi connectivity index (χ3v) is 3.37. The largest absolute Gasteiger partial charge is 0.438 e. The first-order valence-corrected chi connectivity index (χ1v) is 7.29. The van der Waals surface area contributed by atoms with E-state index in [4.69, 9.17) is 4.74 Å². The highest BCUT2D eigenvalue weighted by molar-refractivity contribution is 5.42. The van der Waals surface area contributed by atoms with E-state index < -0.39 is 0 Å². The summed E-state index contributed by atoms with van der Waals surface area (Å²) in [4.78, 5) is 4.45. The molecule has 0 saturated heterocycles. The van der Waals surface area contributed by atoms with Crippen LogP contribution in [0, 0.1) is 6.92 Å². The second-order valence-corrected chi connectivity index (χ2v) is 6.34. The fourth-order valence-corrected chi connectivity index (χ4v) is 2.31. The van der Waals surface area contributed by atoms with Gasteiger partial charge in [-0.3, -0.25) is 0 Å². The zero-order chi connectivity index (χ0) is 15.5. The van der Waals surface area contributed by atoms with Crippen LogP contribution in [0.25, 0.3) is 0 Å². The lowest BCUT2D eigenvalue weighted by molar-refractivity contribution is 0.436. The number of aryl methyl sites for hydroxylation is 1. The molecule has 0 bridgehead atoms. The molecule has 0 aliphatic heterocycles. The van der Waals surface area contributed by atoms with Gasteiger partial charge < -0.3 is 10.1 Å². The first kappa shape index (κ1) is 15.5. The quantitative estimate of drug-likeness (QED) is 0.913. The SMILES string of the molecule is CNCc1cnc(Oc2ccccc2C(C)(C)C)c(C)c1. The summed E-state index contributed by atoms with van der Waals surface area (Å²) in [5.74, 6) is 1.55. The molecule has 0 radical (unpaired) electrons. The van der Waals surface area contributed by atoms with Crippen molar-refractivity contribution in [1.82, 2.24) is 10.3 Å². The fourth-order valence-electron chi connectivity index (χ4n) is 2.31. The van der Waals surface area contributed by atoms with Gasteiger partial charge in [-0.25, -0.2) is 4.98 Å². The lowest BCUT2D eigenvalue weighted by atomic mass is 9.86. The molecule has 2 aromatic rings. The Bertz CT molecular complexity index is 615. The van der Waals surface area contributed by atoms with Gasteiger partial charge in [0.25, 0.3) is 0 Å². The van der Waals surface area contributed by atoms with Crippen LogP contribution in [0.5, 0.6) is 11.6 Å². The van der Waals surface area contributed by atoms with Crippen molar-refractivity contribution < 1.29 is 4.74 Å². The van der Waals surface area contributed by atoms with Crippen molar-refractivity contribution in [3.63, 3.8) is 0 Å². The van der Waals surface area contributed by atoms with E-state index in [1.165, 1.54) is 5.56 Å². The molecule has 0 aliphatic carbocycles. The number of rotatable bonds is 4. The molecule has 0 atom stereocenters.